The van der Waals surface area contributed by atoms with E-state index in [4.69, 9.17) is 0 Å². The number of hydrogen-bond acceptors (Lipinski definition) is 0. The second-order valence-corrected chi connectivity index (χ2v) is 37.6. The molecular weight excluding hydrogens is 949 g/mol. The monoisotopic (exact) mass is 1070 g/mol. The maximum atomic E-state index is 1.64. The van der Waals surface area contributed by atoms with Crippen LogP contribution in [-0.4, -0.2) is 0 Å². The van der Waals surface area contributed by atoms with Crippen molar-refractivity contribution in [2.45, 2.75) is 295 Å². The summed E-state index contributed by atoms with van der Waals surface area (Å²) in [6.45, 7) is 0. The van der Waals surface area contributed by atoms with Gasteiger partial charge in [0.2, 0.25) is 0 Å². The van der Waals surface area contributed by atoms with Gasteiger partial charge in [0.15, 0.2) is 0 Å². The van der Waals surface area contributed by atoms with Gasteiger partial charge in [-0.3, -0.25) is 0 Å². The van der Waals surface area contributed by atoms with E-state index in [1.807, 2.05) is 0 Å². The van der Waals surface area contributed by atoms with Crippen molar-refractivity contribution < 1.29 is 0 Å². The van der Waals surface area contributed by atoms with E-state index in [1.165, 1.54) is 183 Å². The van der Waals surface area contributed by atoms with Gasteiger partial charge in [-0.25, -0.2) is 0 Å². The van der Waals surface area contributed by atoms with Crippen LogP contribution in [0.1, 0.15) is 295 Å². The summed E-state index contributed by atoms with van der Waals surface area (Å²) in [6, 6.07) is 0. The normalized spacial score (nSPS) is 60.2. The summed E-state index contributed by atoms with van der Waals surface area (Å²) in [5.74, 6) is 38.5. The summed E-state index contributed by atoms with van der Waals surface area (Å²) in [5, 5.41) is 0. The van der Waals surface area contributed by atoms with Crippen LogP contribution in [0.5, 0.6) is 0 Å². The summed E-state index contributed by atoms with van der Waals surface area (Å²) < 4.78 is 0. The largest absolute Gasteiger partial charge is 0.0530 e. The lowest BCUT2D eigenvalue weighted by molar-refractivity contribution is 0.0198. The van der Waals surface area contributed by atoms with Crippen LogP contribution in [0.3, 0.4) is 0 Å². The van der Waals surface area contributed by atoms with Gasteiger partial charge in [-0.15, -0.1) is 0 Å². The molecule has 1 spiro atoms. The molecule has 0 aromatic carbocycles. The second kappa shape index (κ2) is 21.1. The molecule has 79 heavy (non-hydrogen) atoms. The first-order chi connectivity index (χ1) is 38.9. The fourth-order valence-corrected chi connectivity index (χ4v) is 32.3. The minimum Gasteiger partial charge on any atom is -0.0530 e. The first-order valence-electron chi connectivity index (χ1n) is 38.9. The van der Waals surface area contributed by atoms with Crippen LogP contribution < -0.4 is 0 Å². The van der Waals surface area contributed by atoms with Gasteiger partial charge in [0.25, 0.3) is 0 Å². The standard InChI is InChI=1S/C12H18.2C11H18.2C10H16.2C9H14.C7H10/c1-2-8-5-7(1)11-9-3-4-10(6-9)12(8)11;1-3-9-7-10-4-2-6-11(10,5-1)8-9;1-2-4-10-9-5-6-11(10)8(3-1)7-9;1-7-2-9-4-8(1)5-10(3-7)6-9;1-2-9-7-4-5-8(6-7)10(9)3-1;1-6-2-8-4-7(1)5-9(8)3-6;1-2-7-5-6(1)8-3-4-9(7)8;1-4-2-6-5(1)7(6)3-4/h7-12H,1-6H2;9-10H,1-8H2;8-11H,1-7H2;2*7-10H,1-6H2;2*6-9H,1-5H2;4-7H,1-3H2. The van der Waals surface area contributed by atoms with E-state index in [0.29, 0.717) is 0 Å². The lowest BCUT2D eigenvalue weighted by atomic mass is 9.56. The van der Waals surface area contributed by atoms with Crippen molar-refractivity contribution in [1.29, 1.82) is 0 Å². The Hall–Kier alpha value is 0. The van der Waals surface area contributed by atoms with Crippen LogP contribution in [0.2, 0.25) is 0 Å². The fourth-order valence-electron chi connectivity index (χ4n) is 32.3. The van der Waals surface area contributed by atoms with E-state index in [9.17, 15) is 0 Å². The molecule has 28 aliphatic carbocycles. The van der Waals surface area contributed by atoms with Gasteiger partial charge in [-0.1, -0.05) is 44.9 Å². The molecule has 26 bridgehead atoms. The van der Waals surface area contributed by atoms with Crippen LogP contribution in [0.15, 0.2) is 0 Å². The first kappa shape index (κ1) is 52.2. The maximum absolute atomic E-state index is 1.64. The van der Waals surface area contributed by atoms with Crippen LogP contribution in [-0.2, 0) is 0 Å². The summed E-state index contributed by atoms with van der Waals surface area (Å²) in [5.41, 5.74) is 0.906. The first-order valence-corrected chi connectivity index (χ1v) is 38.9. The van der Waals surface area contributed by atoms with E-state index in [0.717, 1.165) is 11.3 Å². The van der Waals surface area contributed by atoms with E-state index in [1.54, 1.807) is 295 Å². The van der Waals surface area contributed by atoms with Crippen molar-refractivity contribution in [1.82, 2.24) is 0 Å². The van der Waals surface area contributed by atoms with Crippen LogP contribution in [0.25, 0.3) is 0 Å². The number of rotatable bonds is 0. The minimum absolute atomic E-state index is 0.906. The van der Waals surface area contributed by atoms with Crippen LogP contribution in [0, 0.1) is 195 Å². The molecule has 0 aromatic heterocycles. The molecule has 28 aliphatic rings. The van der Waals surface area contributed by atoms with Gasteiger partial charge in [-0.05, 0) is 445 Å². The molecule has 0 amide bonds. The van der Waals surface area contributed by atoms with E-state index in [-0.39, 0.29) is 0 Å². The molecule has 28 rings (SSSR count). The van der Waals surface area contributed by atoms with Crippen molar-refractivity contribution >= 4 is 0 Å². The molecule has 19 unspecified atom stereocenters. The molecule has 0 N–H and O–H groups in total. The van der Waals surface area contributed by atoms with Gasteiger partial charge in [0.05, 0.1) is 0 Å². The highest BCUT2D eigenvalue weighted by Gasteiger charge is 2.63. The molecule has 0 radical (unpaired) electrons. The average Bonchev–Trinajstić information content (AvgIpc) is 4.45. The van der Waals surface area contributed by atoms with Gasteiger partial charge < -0.3 is 0 Å². The van der Waals surface area contributed by atoms with Gasteiger partial charge in [0.1, 0.15) is 0 Å². The molecule has 0 heterocycles. The Morgan fingerprint density at radius 1 is 0.177 bits per heavy atom. The van der Waals surface area contributed by atoms with Gasteiger partial charge in [0, 0.05) is 0 Å². The zero-order valence-corrected chi connectivity index (χ0v) is 51.5. The molecule has 0 saturated heterocycles. The fraction of sp³-hybridized carbons (Fsp3) is 1.00. The number of fused-ring (bicyclic) bond motifs is 20. The molecule has 19 atom stereocenters. The zero-order chi connectivity index (χ0) is 51.5. The summed E-state index contributed by atoms with van der Waals surface area (Å²) >= 11 is 0. The Bertz CT molecular complexity index is 1930. The molecule has 0 nitrogen and oxygen atoms in total. The van der Waals surface area contributed by atoms with Crippen LogP contribution in [0.4, 0.5) is 0 Å². The van der Waals surface area contributed by atoms with Crippen molar-refractivity contribution in [3.8, 4) is 0 Å². The summed E-state index contributed by atoms with van der Waals surface area (Å²) in [4.78, 5) is 0. The molecule has 0 aliphatic heterocycles. The average molecular weight is 1070 g/mol. The smallest absolute Gasteiger partial charge is 0.0266 e. The highest BCUT2D eigenvalue weighted by atomic mass is 14.7. The highest BCUT2D eigenvalue weighted by molar-refractivity contribution is 5.12. The Morgan fingerprint density at radius 3 is 0.924 bits per heavy atom. The third kappa shape index (κ3) is 9.48. The predicted octanol–water partition coefficient (Wildman–Crippen LogP) is 21.9. The third-order valence-corrected chi connectivity index (χ3v) is 34.6. The maximum Gasteiger partial charge on any atom is -0.0266 e. The predicted molar refractivity (Wildman–Crippen MR) is 326 cm³/mol. The van der Waals surface area contributed by atoms with E-state index in [2.05, 4.69) is 0 Å². The lowest BCUT2D eigenvalue weighted by Crippen LogP contribution is -2.38. The Labute approximate surface area is 487 Å². The Balaban J connectivity index is 0.0000000704. The van der Waals surface area contributed by atoms with Gasteiger partial charge in [-0.2, -0.15) is 0 Å². The summed E-state index contributed by atoms with van der Waals surface area (Å²) in [7, 11) is 0. The van der Waals surface area contributed by atoms with Crippen molar-refractivity contribution in [2.24, 2.45) is 195 Å². The van der Waals surface area contributed by atoms with E-state index >= 15 is 0 Å². The minimum atomic E-state index is 0.906. The quantitative estimate of drug-likeness (QED) is 0.212. The van der Waals surface area contributed by atoms with Crippen molar-refractivity contribution in [2.75, 3.05) is 0 Å². The topological polar surface area (TPSA) is 0 Å². The molecule has 440 valence electrons. The van der Waals surface area contributed by atoms with Crippen LogP contribution >= 0.6 is 0 Å². The SMILES string of the molecule is C1C2CC3C1C3C2.C1C2CC3CC1CC(C2)C3.C1C2CC3CC1CC3C2.C1CC2C3CCC(C3)C2C1.C1CC2CC1C1C3CCC(C3)C21.C1CC2CC1C1CCC21.C1CC2CC3CCCC3(C1)C2.C1CCC2C3CCC2C(C1)C3. The molecule has 28 fully saturated rings. The third-order valence-electron chi connectivity index (χ3n) is 34.6. The van der Waals surface area contributed by atoms with Crippen molar-refractivity contribution in [3.05, 3.63) is 0 Å². The zero-order valence-electron chi connectivity index (χ0n) is 51.5. The number of hydrogen-bond donors (Lipinski definition) is 0. The molecule has 0 heteroatoms. The van der Waals surface area contributed by atoms with Gasteiger partial charge >= 0.3 is 0 Å². The summed E-state index contributed by atoms with van der Waals surface area (Å²) in [6.07, 6.45) is 73.5. The molecule has 28 saturated carbocycles. The molecular formula is C79H124. The molecule has 0 aromatic rings. The Kier molecular flexibility index (Phi) is 13.9. The van der Waals surface area contributed by atoms with E-state index < -0.39 is 0 Å². The Morgan fingerprint density at radius 2 is 0.506 bits per heavy atom. The van der Waals surface area contributed by atoms with Crippen molar-refractivity contribution in [3.63, 3.8) is 0 Å². The second-order valence-electron chi connectivity index (χ2n) is 37.6. The highest BCUT2D eigenvalue weighted by Crippen LogP contribution is 2.71. The lowest BCUT2D eigenvalue weighted by Gasteiger charge is -2.49.